The van der Waals surface area contributed by atoms with Crippen LogP contribution in [-0.4, -0.2) is 61.8 Å². The van der Waals surface area contributed by atoms with Gasteiger partial charge in [0.25, 0.3) is 0 Å². The number of nitrogens with zero attached hydrogens (tertiary/aromatic N) is 5. The van der Waals surface area contributed by atoms with Gasteiger partial charge in [-0.25, -0.2) is 9.78 Å². The van der Waals surface area contributed by atoms with Gasteiger partial charge in [-0.15, -0.1) is 11.8 Å². The molecular weight excluding hydrogens is 545 g/mol. The first-order valence-electron chi connectivity index (χ1n) is 13.2. The molecule has 3 aliphatic heterocycles. The molecule has 4 atom stereocenters. The van der Waals surface area contributed by atoms with Crippen molar-refractivity contribution < 1.29 is 19.0 Å². The molecule has 1 amide bonds. The Kier molecular flexibility index (Phi) is 6.83. The zero-order chi connectivity index (χ0) is 28.8. The van der Waals surface area contributed by atoms with Crippen molar-refractivity contribution in [2.24, 2.45) is 5.92 Å². The number of phenols is 1. The second-order valence-electron chi connectivity index (χ2n) is 10.3. The molecule has 0 aliphatic carbocycles. The number of carbonyl (C=O) groups is 1. The fourth-order valence-corrected chi connectivity index (χ4v) is 6.74. The minimum absolute atomic E-state index is 0.0175. The summed E-state index contributed by atoms with van der Waals surface area (Å²) in [6.07, 6.45) is 2.64. The average Bonchev–Trinajstić information content (AvgIpc) is 3.59. The van der Waals surface area contributed by atoms with Gasteiger partial charge in [0.2, 0.25) is 5.95 Å². The molecule has 206 valence electrons. The number of benzene rings is 2. The van der Waals surface area contributed by atoms with E-state index in [0.717, 1.165) is 22.7 Å². The summed E-state index contributed by atoms with van der Waals surface area (Å²) in [6.45, 7) is 4.83. The fourth-order valence-electron chi connectivity index (χ4n) is 6.47. The van der Waals surface area contributed by atoms with Crippen molar-refractivity contribution in [1.29, 1.82) is 5.26 Å². The number of fused-ring (bicyclic) bond motifs is 4. The Labute approximate surface area is 241 Å². The third-order valence-corrected chi connectivity index (χ3v) is 8.40. The van der Waals surface area contributed by atoms with E-state index in [1.807, 2.05) is 6.07 Å². The fraction of sp³-hybridized carbons (Fsp3) is 0.323. The van der Waals surface area contributed by atoms with Gasteiger partial charge < -0.3 is 14.7 Å². The SMILES string of the molecule is CC#Cc1cc2c(c(C#CC)c1-c1c(O)cccc1Cl)OCC1C3CC(C#N)N(C(=O)n4cnc(F)c4)C3CN1C2. The van der Waals surface area contributed by atoms with Crippen molar-refractivity contribution in [3.05, 3.63) is 64.5 Å². The van der Waals surface area contributed by atoms with E-state index in [9.17, 15) is 19.6 Å². The molecule has 0 bridgehead atoms. The Morgan fingerprint density at radius 1 is 1.22 bits per heavy atom. The Hall–Kier alpha value is -4.49. The number of amides is 1. The molecule has 2 saturated heterocycles. The van der Waals surface area contributed by atoms with Crippen LogP contribution in [0.15, 0.2) is 36.8 Å². The molecule has 4 heterocycles. The van der Waals surface area contributed by atoms with Gasteiger partial charge in [-0.05, 0) is 38.5 Å². The van der Waals surface area contributed by atoms with Crippen LogP contribution in [0.1, 0.15) is 37.0 Å². The minimum atomic E-state index is -0.755. The standard InChI is InChI=1S/C31H25ClFN5O3/c1-3-6-18-10-19-13-36-14-24-22(11-20(12-34)38(24)31(40)37-15-27(33)35-17-37)25(36)16-41-30(19)21(7-4-2)28(18)29-23(32)8-5-9-26(29)39/h5,8-10,15,17,20,22,24-25,39H,11,13-14,16H2,1-2H3. The molecule has 41 heavy (non-hydrogen) atoms. The van der Waals surface area contributed by atoms with E-state index < -0.39 is 18.0 Å². The van der Waals surface area contributed by atoms with Gasteiger partial charge in [0, 0.05) is 47.3 Å². The lowest BCUT2D eigenvalue weighted by molar-refractivity contribution is 0.153. The van der Waals surface area contributed by atoms with E-state index in [0.29, 0.717) is 59.1 Å². The number of aromatic nitrogens is 2. The maximum Gasteiger partial charge on any atom is 0.330 e. The summed E-state index contributed by atoms with van der Waals surface area (Å²) >= 11 is 6.58. The summed E-state index contributed by atoms with van der Waals surface area (Å²) < 4.78 is 21.2. The lowest BCUT2D eigenvalue weighted by Crippen LogP contribution is -2.45. The van der Waals surface area contributed by atoms with E-state index in [4.69, 9.17) is 16.3 Å². The largest absolute Gasteiger partial charge is 0.507 e. The molecular formula is C31H25ClFN5O3. The third kappa shape index (κ3) is 4.37. The first-order chi connectivity index (χ1) is 19.9. The van der Waals surface area contributed by atoms with Crippen LogP contribution < -0.4 is 4.74 Å². The number of likely N-dealkylation sites (tertiary alicyclic amines) is 1. The number of nitriles is 1. The van der Waals surface area contributed by atoms with Crippen LogP contribution in [0.2, 0.25) is 5.02 Å². The molecule has 0 saturated carbocycles. The molecule has 1 aromatic heterocycles. The molecule has 2 aromatic carbocycles. The lowest BCUT2D eigenvalue weighted by Gasteiger charge is -2.28. The highest BCUT2D eigenvalue weighted by atomic mass is 35.5. The van der Waals surface area contributed by atoms with Crippen LogP contribution in [0.3, 0.4) is 0 Å². The molecule has 10 heteroatoms. The number of hydrogen-bond donors (Lipinski definition) is 1. The van der Waals surface area contributed by atoms with E-state index in [1.165, 1.54) is 0 Å². The third-order valence-electron chi connectivity index (χ3n) is 8.09. The quantitative estimate of drug-likeness (QED) is 0.430. The molecule has 2 fully saturated rings. The maximum atomic E-state index is 13.6. The molecule has 3 aliphatic rings. The van der Waals surface area contributed by atoms with E-state index in [-0.39, 0.29) is 23.8 Å². The Morgan fingerprint density at radius 3 is 2.71 bits per heavy atom. The van der Waals surface area contributed by atoms with E-state index >= 15 is 0 Å². The second-order valence-corrected chi connectivity index (χ2v) is 10.7. The molecule has 4 unspecified atom stereocenters. The monoisotopic (exact) mass is 569 g/mol. The Morgan fingerprint density at radius 2 is 2.02 bits per heavy atom. The predicted molar refractivity (Wildman–Crippen MR) is 149 cm³/mol. The van der Waals surface area contributed by atoms with Crippen LogP contribution >= 0.6 is 11.6 Å². The summed E-state index contributed by atoms with van der Waals surface area (Å²) in [5.74, 6) is 12.1. The Balaban J connectivity index is 1.41. The number of hydrogen-bond acceptors (Lipinski definition) is 6. The summed E-state index contributed by atoms with van der Waals surface area (Å²) in [5, 5.41) is 21.1. The number of aromatic hydroxyl groups is 1. The van der Waals surface area contributed by atoms with Crippen molar-refractivity contribution in [3.8, 4) is 52.4 Å². The predicted octanol–water partition coefficient (Wildman–Crippen LogP) is 4.62. The Bertz CT molecular complexity index is 1720. The van der Waals surface area contributed by atoms with Gasteiger partial charge in [0.1, 0.15) is 30.5 Å². The molecule has 0 radical (unpaired) electrons. The van der Waals surface area contributed by atoms with Crippen LogP contribution in [0.4, 0.5) is 9.18 Å². The normalized spacial score (nSPS) is 22.6. The van der Waals surface area contributed by atoms with Gasteiger partial charge >= 0.3 is 6.03 Å². The molecule has 0 spiro atoms. The highest BCUT2D eigenvalue weighted by Crippen LogP contribution is 2.47. The molecule has 1 N–H and O–H groups in total. The molecule has 6 rings (SSSR count). The number of ether oxygens (including phenoxy) is 1. The van der Waals surface area contributed by atoms with Gasteiger partial charge in [0.05, 0.1) is 28.9 Å². The second kappa shape index (κ2) is 10.5. The summed E-state index contributed by atoms with van der Waals surface area (Å²) in [4.78, 5) is 20.7. The number of carbonyl (C=O) groups excluding carboxylic acids is 1. The van der Waals surface area contributed by atoms with Crippen molar-refractivity contribution in [3.63, 3.8) is 0 Å². The highest BCUT2D eigenvalue weighted by Gasteiger charge is 2.54. The smallest absolute Gasteiger partial charge is 0.330 e. The summed E-state index contributed by atoms with van der Waals surface area (Å²) in [7, 11) is 0. The zero-order valence-corrected chi connectivity index (χ0v) is 23.1. The van der Waals surface area contributed by atoms with E-state index in [1.54, 1.807) is 36.9 Å². The van der Waals surface area contributed by atoms with Gasteiger partial charge in [0.15, 0.2) is 0 Å². The van der Waals surface area contributed by atoms with Crippen molar-refractivity contribution in [1.82, 2.24) is 19.4 Å². The van der Waals surface area contributed by atoms with Crippen LogP contribution in [0.5, 0.6) is 11.5 Å². The first kappa shape index (κ1) is 26.7. The average molecular weight is 570 g/mol. The van der Waals surface area contributed by atoms with Crippen molar-refractivity contribution >= 4 is 17.6 Å². The number of phenolic OH excluding ortho intramolecular Hbond substituents is 1. The number of imidazole rings is 1. The summed E-state index contributed by atoms with van der Waals surface area (Å²) in [6, 6.07) is 7.76. The molecule has 3 aromatic rings. The van der Waals surface area contributed by atoms with Gasteiger partial charge in [-0.2, -0.15) is 9.65 Å². The highest BCUT2D eigenvalue weighted by molar-refractivity contribution is 6.34. The number of halogens is 2. The van der Waals surface area contributed by atoms with E-state index in [2.05, 4.69) is 39.6 Å². The zero-order valence-electron chi connectivity index (χ0n) is 22.4. The van der Waals surface area contributed by atoms with Gasteiger partial charge in [-0.1, -0.05) is 29.5 Å². The van der Waals surface area contributed by atoms with Gasteiger partial charge in [-0.3, -0.25) is 9.47 Å². The number of rotatable bonds is 1. The lowest BCUT2D eigenvalue weighted by atomic mass is 9.90. The maximum absolute atomic E-state index is 13.6. The molecule has 8 nitrogen and oxygen atoms in total. The topological polar surface area (TPSA) is 94.6 Å². The first-order valence-corrected chi connectivity index (χ1v) is 13.6. The summed E-state index contributed by atoms with van der Waals surface area (Å²) in [5.41, 5.74) is 3.20. The van der Waals surface area contributed by atoms with Crippen LogP contribution in [-0.2, 0) is 6.54 Å². The van der Waals surface area contributed by atoms with Crippen molar-refractivity contribution in [2.75, 3.05) is 13.2 Å². The van der Waals surface area contributed by atoms with Crippen molar-refractivity contribution in [2.45, 2.75) is 44.9 Å². The minimum Gasteiger partial charge on any atom is -0.507 e. The van der Waals surface area contributed by atoms with Crippen LogP contribution in [0.25, 0.3) is 11.1 Å². The van der Waals surface area contributed by atoms with Crippen LogP contribution in [0, 0.1) is 46.9 Å².